The molecule has 0 radical (unpaired) electrons. The van der Waals surface area contributed by atoms with Crippen molar-refractivity contribution in [3.8, 4) is 0 Å². The SMILES string of the molecule is O=C(c1cscn1)N(CCO)C1CCC1. The van der Waals surface area contributed by atoms with Gasteiger partial charge in [0.1, 0.15) is 5.69 Å². The Balaban J connectivity index is 2.06. The van der Waals surface area contributed by atoms with Crippen LogP contribution in [0.5, 0.6) is 0 Å². The predicted octanol–water partition coefficient (Wildman–Crippen LogP) is 1.13. The Kier molecular flexibility index (Phi) is 3.33. The van der Waals surface area contributed by atoms with E-state index in [1.165, 1.54) is 17.8 Å². The second-order valence-corrected chi connectivity index (χ2v) is 4.40. The van der Waals surface area contributed by atoms with Crippen LogP contribution in [0.1, 0.15) is 29.8 Å². The normalized spacial score (nSPS) is 16.1. The van der Waals surface area contributed by atoms with Crippen LogP contribution in [0.4, 0.5) is 0 Å². The van der Waals surface area contributed by atoms with E-state index in [1.54, 1.807) is 15.8 Å². The number of carbonyl (C=O) groups excluding carboxylic acids is 1. The van der Waals surface area contributed by atoms with Crippen LogP contribution in [0.2, 0.25) is 0 Å². The molecular formula is C10H14N2O2S. The maximum absolute atomic E-state index is 12.0. The molecule has 1 aromatic heterocycles. The van der Waals surface area contributed by atoms with E-state index in [4.69, 9.17) is 5.11 Å². The Hall–Kier alpha value is -0.940. The van der Waals surface area contributed by atoms with Gasteiger partial charge in [-0.3, -0.25) is 4.79 Å². The molecule has 0 saturated heterocycles. The van der Waals surface area contributed by atoms with Crippen LogP contribution in [0.15, 0.2) is 10.9 Å². The van der Waals surface area contributed by atoms with Crippen molar-refractivity contribution >= 4 is 17.2 Å². The van der Waals surface area contributed by atoms with Gasteiger partial charge >= 0.3 is 0 Å². The number of aliphatic hydroxyl groups is 1. The highest BCUT2D eigenvalue weighted by Crippen LogP contribution is 2.25. The minimum atomic E-state index is -0.0463. The number of nitrogens with zero attached hydrogens (tertiary/aromatic N) is 2. The number of hydrogen-bond acceptors (Lipinski definition) is 4. The van der Waals surface area contributed by atoms with Crippen LogP contribution >= 0.6 is 11.3 Å². The van der Waals surface area contributed by atoms with Crippen LogP contribution in [0.25, 0.3) is 0 Å². The first kappa shape index (κ1) is 10.6. The molecule has 4 nitrogen and oxygen atoms in total. The number of aromatic nitrogens is 1. The zero-order valence-electron chi connectivity index (χ0n) is 8.43. The second-order valence-electron chi connectivity index (χ2n) is 3.68. The van der Waals surface area contributed by atoms with Crippen molar-refractivity contribution in [1.82, 2.24) is 9.88 Å². The Bertz CT molecular complexity index is 322. The quantitative estimate of drug-likeness (QED) is 0.837. The number of thiazole rings is 1. The summed E-state index contributed by atoms with van der Waals surface area (Å²) in [6.07, 6.45) is 3.28. The van der Waals surface area contributed by atoms with Crippen LogP contribution in [0.3, 0.4) is 0 Å². The smallest absolute Gasteiger partial charge is 0.273 e. The topological polar surface area (TPSA) is 53.4 Å². The van der Waals surface area contributed by atoms with Crippen molar-refractivity contribution in [2.75, 3.05) is 13.2 Å². The summed E-state index contributed by atoms with van der Waals surface area (Å²) in [7, 11) is 0. The molecule has 1 N–H and O–H groups in total. The van der Waals surface area contributed by atoms with Crippen molar-refractivity contribution in [2.45, 2.75) is 25.3 Å². The Labute approximate surface area is 92.6 Å². The van der Waals surface area contributed by atoms with E-state index in [2.05, 4.69) is 4.98 Å². The zero-order chi connectivity index (χ0) is 10.7. The molecule has 0 unspecified atom stereocenters. The highest BCUT2D eigenvalue weighted by Gasteiger charge is 2.29. The summed E-state index contributed by atoms with van der Waals surface area (Å²) in [5.41, 5.74) is 2.16. The minimum absolute atomic E-state index is 0.0202. The van der Waals surface area contributed by atoms with Crippen LogP contribution in [-0.4, -0.2) is 40.1 Å². The second kappa shape index (κ2) is 4.72. The lowest BCUT2D eigenvalue weighted by molar-refractivity contribution is 0.0521. The molecule has 5 heteroatoms. The number of carbonyl (C=O) groups is 1. The van der Waals surface area contributed by atoms with E-state index >= 15 is 0 Å². The van der Waals surface area contributed by atoms with E-state index in [0.29, 0.717) is 18.3 Å². The van der Waals surface area contributed by atoms with Gasteiger partial charge in [0.2, 0.25) is 0 Å². The molecule has 1 amide bonds. The lowest BCUT2D eigenvalue weighted by Gasteiger charge is -2.36. The van der Waals surface area contributed by atoms with Crippen molar-refractivity contribution in [1.29, 1.82) is 0 Å². The molecule has 0 spiro atoms. The fourth-order valence-electron chi connectivity index (χ4n) is 1.72. The maximum Gasteiger partial charge on any atom is 0.273 e. The van der Waals surface area contributed by atoms with Gasteiger partial charge in [0, 0.05) is 18.0 Å². The predicted molar refractivity (Wildman–Crippen MR) is 57.9 cm³/mol. The van der Waals surface area contributed by atoms with Gasteiger partial charge in [-0.2, -0.15) is 0 Å². The lowest BCUT2D eigenvalue weighted by atomic mass is 9.91. The third kappa shape index (κ3) is 2.18. The monoisotopic (exact) mass is 226 g/mol. The van der Waals surface area contributed by atoms with Crippen LogP contribution in [0, 0.1) is 0 Å². The highest BCUT2D eigenvalue weighted by atomic mass is 32.1. The van der Waals surface area contributed by atoms with Crippen LogP contribution in [-0.2, 0) is 0 Å². The zero-order valence-corrected chi connectivity index (χ0v) is 9.24. The van der Waals surface area contributed by atoms with E-state index in [-0.39, 0.29) is 12.5 Å². The summed E-state index contributed by atoms with van der Waals surface area (Å²) < 4.78 is 0. The van der Waals surface area contributed by atoms with Crippen molar-refractivity contribution < 1.29 is 9.90 Å². The van der Waals surface area contributed by atoms with E-state index in [0.717, 1.165) is 12.8 Å². The van der Waals surface area contributed by atoms with Crippen molar-refractivity contribution in [2.24, 2.45) is 0 Å². The molecule has 1 heterocycles. The van der Waals surface area contributed by atoms with Gasteiger partial charge in [0.15, 0.2) is 0 Å². The van der Waals surface area contributed by atoms with Gasteiger partial charge in [-0.1, -0.05) is 0 Å². The summed E-state index contributed by atoms with van der Waals surface area (Å²) >= 11 is 1.42. The van der Waals surface area contributed by atoms with Crippen molar-refractivity contribution in [3.63, 3.8) is 0 Å². The molecule has 82 valence electrons. The van der Waals surface area contributed by atoms with Crippen molar-refractivity contribution in [3.05, 3.63) is 16.6 Å². The summed E-state index contributed by atoms with van der Waals surface area (Å²) in [4.78, 5) is 17.7. The Morgan fingerprint density at radius 1 is 1.67 bits per heavy atom. The van der Waals surface area contributed by atoms with E-state index < -0.39 is 0 Å². The summed E-state index contributed by atoms with van der Waals surface area (Å²) in [5.74, 6) is -0.0463. The molecule has 2 rings (SSSR count). The van der Waals surface area contributed by atoms with Gasteiger partial charge in [0.05, 0.1) is 12.1 Å². The molecule has 0 aromatic carbocycles. The number of aliphatic hydroxyl groups excluding tert-OH is 1. The average molecular weight is 226 g/mol. The number of rotatable bonds is 4. The van der Waals surface area contributed by atoms with Gasteiger partial charge < -0.3 is 10.0 Å². The molecule has 1 fully saturated rings. The molecule has 1 aliphatic rings. The first-order valence-electron chi connectivity index (χ1n) is 5.13. The molecule has 0 atom stereocenters. The van der Waals surface area contributed by atoms with Crippen LogP contribution < -0.4 is 0 Å². The first-order chi connectivity index (χ1) is 7.33. The van der Waals surface area contributed by atoms with E-state index in [1.807, 2.05) is 0 Å². The molecule has 1 aromatic rings. The minimum Gasteiger partial charge on any atom is -0.395 e. The third-order valence-electron chi connectivity index (χ3n) is 2.77. The summed E-state index contributed by atoms with van der Waals surface area (Å²) in [6, 6.07) is 0.311. The van der Waals surface area contributed by atoms with Gasteiger partial charge in [-0.15, -0.1) is 11.3 Å². The van der Waals surface area contributed by atoms with Gasteiger partial charge in [0.25, 0.3) is 5.91 Å². The van der Waals surface area contributed by atoms with Gasteiger partial charge in [-0.05, 0) is 19.3 Å². The maximum atomic E-state index is 12.0. The highest BCUT2D eigenvalue weighted by molar-refractivity contribution is 7.07. The number of hydrogen-bond donors (Lipinski definition) is 1. The largest absolute Gasteiger partial charge is 0.395 e. The Morgan fingerprint density at radius 3 is 2.93 bits per heavy atom. The molecule has 0 aliphatic heterocycles. The third-order valence-corrected chi connectivity index (χ3v) is 3.36. The molecule has 1 saturated carbocycles. The summed E-state index contributed by atoms with van der Waals surface area (Å²) in [5, 5.41) is 10.7. The molecule has 0 bridgehead atoms. The lowest BCUT2D eigenvalue weighted by Crippen LogP contribution is -2.45. The molecule has 15 heavy (non-hydrogen) atoms. The molecular weight excluding hydrogens is 212 g/mol. The van der Waals surface area contributed by atoms with E-state index in [9.17, 15) is 4.79 Å². The average Bonchev–Trinajstić information content (AvgIpc) is 2.66. The Morgan fingerprint density at radius 2 is 2.47 bits per heavy atom. The standard InChI is InChI=1S/C10H14N2O2S/c13-5-4-12(8-2-1-3-8)10(14)9-6-15-7-11-9/h6-8,13H,1-5H2. The molecule has 1 aliphatic carbocycles. The number of amides is 1. The first-order valence-corrected chi connectivity index (χ1v) is 6.07. The fourth-order valence-corrected chi connectivity index (χ4v) is 2.25. The fraction of sp³-hybridized carbons (Fsp3) is 0.600. The van der Waals surface area contributed by atoms with Gasteiger partial charge in [-0.25, -0.2) is 4.98 Å². The summed E-state index contributed by atoms with van der Waals surface area (Å²) in [6.45, 7) is 0.438.